The molecule has 0 aromatic carbocycles. The number of ether oxygens (including phenoxy) is 1. The lowest BCUT2D eigenvalue weighted by Crippen LogP contribution is -2.33. The van der Waals surface area contributed by atoms with Crippen LogP contribution in [0.3, 0.4) is 0 Å². The van der Waals surface area contributed by atoms with Crippen LogP contribution in [0, 0.1) is 23.2 Å². The summed E-state index contributed by atoms with van der Waals surface area (Å²) in [6, 6.07) is 0. The molecule has 0 aromatic heterocycles. The fourth-order valence-electron chi connectivity index (χ4n) is 5.10. The van der Waals surface area contributed by atoms with Gasteiger partial charge in [0, 0.05) is 12.5 Å². The van der Waals surface area contributed by atoms with E-state index in [0.29, 0.717) is 24.7 Å². The topological polar surface area (TPSA) is 83.8 Å². The normalized spacial score (nSPS) is 47.9. The molecule has 0 aromatic rings. The lowest BCUT2D eigenvalue weighted by atomic mass is 9.82. The molecule has 4 unspecified atom stereocenters. The predicted molar refractivity (Wildman–Crippen MR) is 65.6 cm³/mol. The van der Waals surface area contributed by atoms with Gasteiger partial charge in [-0.3, -0.25) is 4.79 Å². The quantitative estimate of drug-likeness (QED) is 0.814. The van der Waals surface area contributed by atoms with Crippen molar-refractivity contribution >= 4 is 11.9 Å². The molecular formula is C14H20O5. The largest absolute Gasteiger partial charge is 0.481 e. The molecule has 3 fully saturated rings. The van der Waals surface area contributed by atoms with E-state index in [1.54, 1.807) is 0 Å². The first-order chi connectivity index (χ1) is 8.99. The third kappa shape index (κ3) is 1.39. The van der Waals surface area contributed by atoms with Gasteiger partial charge >= 0.3 is 11.9 Å². The van der Waals surface area contributed by atoms with Gasteiger partial charge in [-0.25, -0.2) is 4.79 Å². The van der Waals surface area contributed by atoms with Crippen LogP contribution in [-0.4, -0.2) is 34.9 Å². The van der Waals surface area contributed by atoms with Crippen LogP contribution in [0.25, 0.3) is 0 Å². The molecule has 0 aliphatic heterocycles. The molecule has 0 radical (unpaired) electrons. The third-order valence-corrected chi connectivity index (χ3v) is 5.82. The van der Waals surface area contributed by atoms with Gasteiger partial charge in [0.1, 0.15) is 5.92 Å². The minimum atomic E-state index is -1.49. The number of fused-ring (bicyclic) bond motifs is 1. The van der Waals surface area contributed by atoms with Gasteiger partial charge < -0.3 is 14.9 Å². The number of carboxylic acid groups (broad SMARTS) is 2. The van der Waals surface area contributed by atoms with Gasteiger partial charge in [-0.1, -0.05) is 25.7 Å². The van der Waals surface area contributed by atoms with Crippen molar-refractivity contribution in [1.82, 2.24) is 0 Å². The second-order valence-corrected chi connectivity index (χ2v) is 6.39. The highest BCUT2D eigenvalue weighted by atomic mass is 16.5. The van der Waals surface area contributed by atoms with Crippen LogP contribution in [0.15, 0.2) is 0 Å². The van der Waals surface area contributed by atoms with E-state index in [4.69, 9.17) is 4.74 Å². The third-order valence-electron chi connectivity index (χ3n) is 5.82. The van der Waals surface area contributed by atoms with Crippen molar-refractivity contribution in [2.75, 3.05) is 7.11 Å². The van der Waals surface area contributed by atoms with E-state index in [1.807, 2.05) is 0 Å². The lowest BCUT2D eigenvalue weighted by Gasteiger charge is -2.24. The molecule has 0 amide bonds. The molecule has 3 saturated carbocycles. The summed E-state index contributed by atoms with van der Waals surface area (Å²) in [7, 11) is 1.33. The van der Waals surface area contributed by atoms with Gasteiger partial charge in [0.05, 0.1) is 0 Å². The first kappa shape index (κ1) is 12.9. The Bertz CT molecular complexity index is 418. The van der Waals surface area contributed by atoms with Crippen molar-refractivity contribution < 1.29 is 24.5 Å². The number of methoxy groups -OCH3 is 1. The standard InChI is InChI=1S/C14H20O5/c1-19-14(12(17)18)10(11(15)16)13(14)6-8-4-2-3-5-9(8)7-13/h8-10H,2-7H2,1H3,(H,15,16)(H,17,18). The van der Waals surface area contributed by atoms with Crippen molar-refractivity contribution in [3.8, 4) is 0 Å². The number of hydrogen-bond donors (Lipinski definition) is 2. The molecule has 4 atom stereocenters. The summed E-state index contributed by atoms with van der Waals surface area (Å²) in [6.07, 6.45) is 5.99. The first-order valence-electron chi connectivity index (χ1n) is 7.01. The van der Waals surface area contributed by atoms with Crippen molar-refractivity contribution in [2.24, 2.45) is 23.2 Å². The molecule has 0 saturated heterocycles. The van der Waals surface area contributed by atoms with E-state index in [9.17, 15) is 19.8 Å². The van der Waals surface area contributed by atoms with E-state index >= 15 is 0 Å². The van der Waals surface area contributed by atoms with Gasteiger partial charge in [-0.15, -0.1) is 0 Å². The molecule has 3 aliphatic rings. The van der Waals surface area contributed by atoms with Gasteiger partial charge in [0.2, 0.25) is 0 Å². The van der Waals surface area contributed by atoms with Crippen LogP contribution < -0.4 is 0 Å². The van der Waals surface area contributed by atoms with Crippen molar-refractivity contribution in [3.05, 3.63) is 0 Å². The summed E-state index contributed by atoms with van der Waals surface area (Å²) < 4.78 is 5.25. The van der Waals surface area contributed by atoms with Gasteiger partial charge in [-0.2, -0.15) is 0 Å². The summed E-state index contributed by atoms with van der Waals surface area (Å²) in [4.78, 5) is 23.1. The lowest BCUT2D eigenvalue weighted by molar-refractivity contribution is -0.158. The van der Waals surface area contributed by atoms with Crippen LogP contribution in [-0.2, 0) is 14.3 Å². The van der Waals surface area contributed by atoms with Crippen LogP contribution in [0.5, 0.6) is 0 Å². The van der Waals surface area contributed by atoms with E-state index < -0.39 is 28.9 Å². The van der Waals surface area contributed by atoms with E-state index in [2.05, 4.69) is 0 Å². The summed E-state index contributed by atoms with van der Waals surface area (Å²) in [5.41, 5.74) is -2.16. The van der Waals surface area contributed by atoms with Gasteiger partial charge in [0.15, 0.2) is 5.60 Å². The Balaban J connectivity index is 1.95. The highest BCUT2D eigenvalue weighted by Crippen LogP contribution is 2.75. The maximum Gasteiger partial charge on any atom is 0.337 e. The Hall–Kier alpha value is -1.10. The molecule has 5 heteroatoms. The number of rotatable bonds is 3. The fraction of sp³-hybridized carbons (Fsp3) is 0.857. The van der Waals surface area contributed by atoms with Crippen molar-refractivity contribution in [2.45, 2.75) is 44.1 Å². The van der Waals surface area contributed by atoms with Gasteiger partial charge in [-0.05, 0) is 24.7 Å². The summed E-state index contributed by atoms with van der Waals surface area (Å²) in [6.45, 7) is 0. The molecule has 106 valence electrons. The summed E-state index contributed by atoms with van der Waals surface area (Å²) in [5.74, 6) is -2.03. The molecule has 3 rings (SSSR count). The van der Waals surface area contributed by atoms with E-state index in [-0.39, 0.29) is 0 Å². The number of aliphatic carboxylic acids is 2. The highest BCUT2D eigenvalue weighted by molar-refractivity contribution is 5.95. The van der Waals surface area contributed by atoms with E-state index in [0.717, 1.165) is 12.8 Å². The number of carboxylic acids is 2. The zero-order valence-electron chi connectivity index (χ0n) is 11.1. The molecule has 2 N–H and O–H groups in total. The number of carbonyl (C=O) groups is 2. The number of hydrogen-bond acceptors (Lipinski definition) is 3. The molecule has 5 nitrogen and oxygen atoms in total. The Morgan fingerprint density at radius 3 is 1.95 bits per heavy atom. The fourth-order valence-corrected chi connectivity index (χ4v) is 5.10. The van der Waals surface area contributed by atoms with Crippen molar-refractivity contribution in [1.29, 1.82) is 0 Å². The molecule has 19 heavy (non-hydrogen) atoms. The SMILES string of the molecule is COC1(C(=O)O)C(C(=O)O)C12CC1CCCCC1C2. The average molecular weight is 268 g/mol. The smallest absolute Gasteiger partial charge is 0.337 e. The second kappa shape index (κ2) is 3.95. The molecular weight excluding hydrogens is 248 g/mol. The van der Waals surface area contributed by atoms with Crippen molar-refractivity contribution in [3.63, 3.8) is 0 Å². The average Bonchev–Trinajstić information content (AvgIpc) is 2.73. The van der Waals surface area contributed by atoms with Gasteiger partial charge in [0.25, 0.3) is 0 Å². The summed E-state index contributed by atoms with van der Waals surface area (Å²) >= 11 is 0. The predicted octanol–water partition coefficient (Wildman–Crippen LogP) is 1.76. The molecule has 1 spiro atoms. The zero-order chi connectivity index (χ0) is 13.8. The summed E-state index contributed by atoms with van der Waals surface area (Å²) in [5, 5.41) is 18.9. The molecule has 0 bridgehead atoms. The Morgan fingerprint density at radius 2 is 1.63 bits per heavy atom. The van der Waals surface area contributed by atoms with Crippen LogP contribution in [0.4, 0.5) is 0 Å². The van der Waals surface area contributed by atoms with Crippen LogP contribution in [0.1, 0.15) is 38.5 Å². The Kier molecular flexibility index (Phi) is 2.68. The molecule has 0 heterocycles. The maximum atomic E-state index is 11.6. The maximum absolute atomic E-state index is 11.6. The minimum Gasteiger partial charge on any atom is -0.481 e. The monoisotopic (exact) mass is 268 g/mol. The van der Waals surface area contributed by atoms with Crippen LogP contribution >= 0.6 is 0 Å². The first-order valence-corrected chi connectivity index (χ1v) is 7.01. The van der Waals surface area contributed by atoms with Crippen LogP contribution in [0.2, 0.25) is 0 Å². The minimum absolute atomic E-state index is 0.493. The van der Waals surface area contributed by atoms with E-state index in [1.165, 1.54) is 20.0 Å². The molecule has 3 aliphatic carbocycles. The zero-order valence-corrected chi connectivity index (χ0v) is 11.1. The second-order valence-electron chi connectivity index (χ2n) is 6.39. The Morgan fingerprint density at radius 1 is 1.11 bits per heavy atom. The Labute approximate surface area is 111 Å². The highest BCUT2D eigenvalue weighted by Gasteiger charge is 2.86.